The molecule has 0 atom stereocenters. The van der Waals surface area contributed by atoms with Crippen LogP contribution in [0.3, 0.4) is 0 Å². The number of thiophene rings is 1. The minimum absolute atomic E-state index is 0.143. The van der Waals surface area contributed by atoms with E-state index in [2.05, 4.69) is 257 Å². The van der Waals surface area contributed by atoms with Gasteiger partial charge in [0.05, 0.1) is 5.69 Å². The standard InChI is InChI=1S/C70H49NS/c1-69(2)62-26-14-11-22-51(62)53-32-30-43(38-64(53)69)71(44-31-33-54-52-23-12-15-27-63(52)70(3,4)65(54)39-44)66-35-34-50(45-17-9-10-24-55(45)66)58-41-60-47-19-6-5-18-46(47)57(40-59(60)49-21-8-7-20-48(49)58)42-29-36-68-61(37-42)56-25-13-16-28-67(56)72-68/h5-41H,1-4H3. The van der Waals surface area contributed by atoms with Crippen molar-refractivity contribution in [2.24, 2.45) is 0 Å². The highest BCUT2D eigenvalue weighted by atomic mass is 32.1. The van der Waals surface area contributed by atoms with E-state index in [-0.39, 0.29) is 10.8 Å². The van der Waals surface area contributed by atoms with Gasteiger partial charge in [-0.25, -0.2) is 0 Å². The highest BCUT2D eigenvalue weighted by molar-refractivity contribution is 7.25. The SMILES string of the molecule is CC1(C)c2ccccc2-c2ccc(N(c3ccc4c(c3)C(C)(C)c3ccccc3-4)c3ccc(-c4cc5c6ccccc6c(-c6ccc7sc8ccccc8c7c6)cc5c5ccccc45)c4ccccc34)cc21. The van der Waals surface area contributed by atoms with Gasteiger partial charge in [0.2, 0.25) is 0 Å². The Morgan fingerprint density at radius 1 is 0.278 bits per heavy atom. The Bertz CT molecular complexity index is 4360. The molecular formula is C70H49NS. The molecule has 0 amide bonds. The fourth-order valence-electron chi connectivity index (χ4n) is 13.1. The number of anilines is 3. The summed E-state index contributed by atoms with van der Waals surface area (Å²) in [4.78, 5) is 2.54. The van der Waals surface area contributed by atoms with Crippen LogP contribution in [0.2, 0.25) is 0 Å². The molecule has 15 rings (SSSR count). The lowest BCUT2D eigenvalue weighted by atomic mass is 9.82. The van der Waals surface area contributed by atoms with Crippen molar-refractivity contribution in [1.82, 2.24) is 0 Å². The molecule has 0 fully saturated rings. The fourth-order valence-corrected chi connectivity index (χ4v) is 14.2. The second-order valence-corrected chi connectivity index (χ2v) is 22.2. The summed E-state index contributed by atoms with van der Waals surface area (Å²) in [5.74, 6) is 0. The van der Waals surface area contributed by atoms with Crippen LogP contribution < -0.4 is 4.90 Å². The van der Waals surface area contributed by atoms with Crippen molar-refractivity contribution in [2.45, 2.75) is 38.5 Å². The quantitative estimate of drug-likeness (QED) is 0.155. The summed E-state index contributed by atoms with van der Waals surface area (Å²) < 4.78 is 2.66. The third kappa shape index (κ3) is 5.82. The van der Waals surface area contributed by atoms with Crippen LogP contribution in [-0.2, 0) is 10.8 Å². The van der Waals surface area contributed by atoms with Gasteiger partial charge in [-0.3, -0.25) is 0 Å². The predicted molar refractivity (Wildman–Crippen MR) is 310 cm³/mol. The van der Waals surface area contributed by atoms with Gasteiger partial charge in [0.25, 0.3) is 0 Å². The molecule has 2 aliphatic rings. The van der Waals surface area contributed by atoms with Gasteiger partial charge in [-0.2, -0.15) is 0 Å². The van der Waals surface area contributed by atoms with E-state index in [4.69, 9.17) is 0 Å². The second kappa shape index (κ2) is 15.1. The summed E-state index contributed by atoms with van der Waals surface area (Å²) >= 11 is 1.87. The maximum Gasteiger partial charge on any atom is 0.0540 e. The smallest absolute Gasteiger partial charge is 0.0540 e. The molecule has 12 aromatic carbocycles. The molecule has 0 saturated heterocycles. The predicted octanol–water partition coefficient (Wildman–Crippen LogP) is 20.1. The topological polar surface area (TPSA) is 3.24 Å². The van der Waals surface area contributed by atoms with E-state index in [1.165, 1.54) is 130 Å². The first-order valence-corrected chi connectivity index (χ1v) is 26.1. The summed E-state index contributed by atoms with van der Waals surface area (Å²) in [5.41, 5.74) is 19.0. The molecule has 0 unspecified atom stereocenters. The number of benzene rings is 12. The molecule has 1 aromatic heterocycles. The molecule has 0 N–H and O–H groups in total. The summed E-state index contributed by atoms with van der Waals surface area (Å²) in [6.45, 7) is 9.53. The summed E-state index contributed by atoms with van der Waals surface area (Å²) in [5, 5.41) is 12.7. The molecular weight excluding hydrogens is 887 g/mol. The Morgan fingerprint density at radius 2 is 0.722 bits per heavy atom. The third-order valence-electron chi connectivity index (χ3n) is 16.7. The van der Waals surface area contributed by atoms with Crippen molar-refractivity contribution in [2.75, 3.05) is 4.90 Å². The maximum absolute atomic E-state index is 2.54. The van der Waals surface area contributed by atoms with Crippen LogP contribution in [0.5, 0.6) is 0 Å². The van der Waals surface area contributed by atoms with E-state index < -0.39 is 0 Å². The van der Waals surface area contributed by atoms with Crippen LogP contribution >= 0.6 is 11.3 Å². The highest BCUT2D eigenvalue weighted by Crippen LogP contribution is 2.54. The molecule has 340 valence electrons. The Balaban J connectivity index is 0.945. The number of hydrogen-bond acceptors (Lipinski definition) is 2. The molecule has 72 heavy (non-hydrogen) atoms. The van der Waals surface area contributed by atoms with Crippen molar-refractivity contribution in [3.63, 3.8) is 0 Å². The zero-order chi connectivity index (χ0) is 48.0. The number of nitrogens with zero attached hydrogens (tertiary/aromatic N) is 1. The first kappa shape index (κ1) is 41.5. The van der Waals surface area contributed by atoms with Crippen molar-refractivity contribution in [3.05, 3.63) is 247 Å². The molecule has 0 radical (unpaired) electrons. The van der Waals surface area contributed by atoms with Gasteiger partial charge in [0, 0.05) is 47.8 Å². The van der Waals surface area contributed by atoms with Crippen molar-refractivity contribution in [1.29, 1.82) is 0 Å². The molecule has 13 aromatic rings. The van der Waals surface area contributed by atoms with E-state index >= 15 is 0 Å². The zero-order valence-corrected chi connectivity index (χ0v) is 41.5. The Hall–Kier alpha value is -8.30. The second-order valence-electron chi connectivity index (χ2n) is 21.2. The minimum atomic E-state index is -0.143. The van der Waals surface area contributed by atoms with Gasteiger partial charge in [-0.05, 0) is 165 Å². The van der Waals surface area contributed by atoms with Gasteiger partial charge >= 0.3 is 0 Å². The van der Waals surface area contributed by atoms with Gasteiger partial charge < -0.3 is 4.90 Å². The average Bonchev–Trinajstić information content (AvgIpc) is 3.99. The largest absolute Gasteiger partial charge is 0.310 e. The van der Waals surface area contributed by atoms with Gasteiger partial charge in [0.15, 0.2) is 0 Å². The van der Waals surface area contributed by atoms with E-state index in [9.17, 15) is 0 Å². The maximum atomic E-state index is 2.54. The molecule has 0 saturated carbocycles. The van der Waals surface area contributed by atoms with Crippen LogP contribution in [0.1, 0.15) is 49.9 Å². The molecule has 2 heteroatoms. The molecule has 1 heterocycles. The molecule has 2 aliphatic carbocycles. The van der Waals surface area contributed by atoms with Gasteiger partial charge in [-0.15, -0.1) is 11.3 Å². The Morgan fingerprint density at radius 3 is 1.33 bits per heavy atom. The number of fused-ring (bicyclic) bond motifs is 15. The van der Waals surface area contributed by atoms with Crippen LogP contribution in [0.15, 0.2) is 224 Å². The van der Waals surface area contributed by atoms with Crippen LogP contribution in [-0.4, -0.2) is 0 Å². The van der Waals surface area contributed by atoms with Crippen molar-refractivity contribution >= 4 is 91.7 Å². The summed E-state index contributed by atoms with van der Waals surface area (Å²) in [7, 11) is 0. The lowest BCUT2D eigenvalue weighted by molar-refractivity contribution is 0.660. The molecule has 0 aliphatic heterocycles. The van der Waals surface area contributed by atoms with Crippen LogP contribution in [0.4, 0.5) is 17.1 Å². The van der Waals surface area contributed by atoms with Gasteiger partial charge in [0.1, 0.15) is 0 Å². The first-order valence-electron chi connectivity index (χ1n) is 25.3. The lowest BCUT2D eigenvalue weighted by Crippen LogP contribution is -2.18. The minimum Gasteiger partial charge on any atom is -0.310 e. The van der Waals surface area contributed by atoms with Crippen molar-refractivity contribution < 1.29 is 0 Å². The van der Waals surface area contributed by atoms with Crippen LogP contribution in [0, 0.1) is 0 Å². The van der Waals surface area contributed by atoms with E-state index in [0.717, 1.165) is 17.1 Å². The fraction of sp³-hybridized carbons (Fsp3) is 0.0857. The van der Waals surface area contributed by atoms with Gasteiger partial charge in [-0.1, -0.05) is 191 Å². The highest BCUT2D eigenvalue weighted by Gasteiger charge is 2.38. The average molecular weight is 936 g/mol. The Labute approximate surface area is 423 Å². The zero-order valence-electron chi connectivity index (χ0n) is 40.7. The molecule has 0 spiro atoms. The normalized spacial score (nSPS) is 14.1. The molecule has 0 bridgehead atoms. The van der Waals surface area contributed by atoms with Crippen molar-refractivity contribution in [3.8, 4) is 44.5 Å². The number of rotatable bonds is 5. The summed E-state index contributed by atoms with van der Waals surface area (Å²) in [6, 6.07) is 85.1. The van der Waals surface area contributed by atoms with E-state index in [0.29, 0.717) is 0 Å². The van der Waals surface area contributed by atoms with Crippen LogP contribution in [0.25, 0.3) is 108 Å². The van der Waals surface area contributed by atoms with E-state index in [1.54, 1.807) is 0 Å². The number of hydrogen-bond donors (Lipinski definition) is 0. The summed E-state index contributed by atoms with van der Waals surface area (Å²) in [6.07, 6.45) is 0. The molecule has 1 nitrogen and oxygen atoms in total. The third-order valence-corrected chi connectivity index (χ3v) is 17.8. The lowest BCUT2D eigenvalue weighted by Gasteiger charge is -2.31. The Kier molecular flexibility index (Phi) is 8.70. The van der Waals surface area contributed by atoms with E-state index in [1.807, 2.05) is 11.3 Å². The first-order chi connectivity index (χ1) is 35.2. The monoisotopic (exact) mass is 935 g/mol.